The van der Waals surface area contributed by atoms with Crippen molar-refractivity contribution in [2.45, 2.75) is 12.5 Å². The molecule has 0 spiro atoms. The van der Waals surface area contributed by atoms with Gasteiger partial charge in [0.05, 0.1) is 32.9 Å². The Morgan fingerprint density at radius 2 is 1.62 bits per heavy atom. The van der Waals surface area contributed by atoms with Crippen molar-refractivity contribution in [1.29, 1.82) is 0 Å². The Hall–Kier alpha value is -3.23. The summed E-state index contributed by atoms with van der Waals surface area (Å²) in [4.78, 5) is 29.8. The van der Waals surface area contributed by atoms with Gasteiger partial charge in [0.2, 0.25) is 5.75 Å². The van der Waals surface area contributed by atoms with E-state index in [1.807, 2.05) is 19.0 Å². The van der Waals surface area contributed by atoms with Gasteiger partial charge in [-0.25, -0.2) is 0 Å². The first-order valence-electron chi connectivity index (χ1n) is 10.7. The van der Waals surface area contributed by atoms with Gasteiger partial charge >= 0.3 is 0 Å². The Morgan fingerprint density at radius 1 is 1.03 bits per heavy atom. The third-order valence-corrected chi connectivity index (χ3v) is 5.92. The molecule has 1 saturated heterocycles. The van der Waals surface area contributed by atoms with E-state index in [0.29, 0.717) is 46.4 Å². The van der Waals surface area contributed by atoms with E-state index in [0.717, 1.165) is 6.54 Å². The molecular weight excluding hydrogens is 460 g/mol. The molecule has 9 heteroatoms. The Balaban J connectivity index is 2.21. The summed E-state index contributed by atoms with van der Waals surface area (Å²) in [5.41, 5.74) is 0.925. The van der Waals surface area contributed by atoms with E-state index in [9.17, 15) is 14.7 Å². The molecule has 8 nitrogen and oxygen atoms in total. The third kappa shape index (κ3) is 4.98. The van der Waals surface area contributed by atoms with Gasteiger partial charge in [0.1, 0.15) is 5.76 Å². The van der Waals surface area contributed by atoms with Crippen molar-refractivity contribution >= 4 is 29.1 Å². The highest BCUT2D eigenvalue weighted by molar-refractivity contribution is 6.46. The standard InChI is InChI=1S/C25H29ClN2O6/c1-27(2)11-6-12-28-21(16-13-18(32-3)24(34-5)19(14-16)33-4)20(23(30)25(28)31)22(29)15-7-9-17(26)10-8-15/h7-10,13-14,21,29H,6,11-12H2,1-5H3/b22-20+/t21-/m0/s1. The summed E-state index contributed by atoms with van der Waals surface area (Å²) in [6.07, 6.45) is 0.641. The summed E-state index contributed by atoms with van der Waals surface area (Å²) in [5.74, 6) is -0.562. The number of hydrogen-bond acceptors (Lipinski definition) is 7. The van der Waals surface area contributed by atoms with Crippen LogP contribution in [0.2, 0.25) is 5.02 Å². The lowest BCUT2D eigenvalue weighted by Crippen LogP contribution is -2.32. The molecule has 1 N–H and O–H groups in total. The predicted molar refractivity (Wildman–Crippen MR) is 130 cm³/mol. The number of rotatable bonds is 9. The van der Waals surface area contributed by atoms with Gasteiger partial charge in [0, 0.05) is 17.1 Å². The Bertz CT molecular complexity index is 1070. The number of carbonyl (C=O) groups excluding carboxylic acids is 2. The van der Waals surface area contributed by atoms with E-state index in [1.165, 1.54) is 26.2 Å². The van der Waals surface area contributed by atoms with E-state index >= 15 is 0 Å². The van der Waals surface area contributed by atoms with Gasteiger partial charge < -0.3 is 29.1 Å². The Morgan fingerprint density at radius 3 is 2.12 bits per heavy atom. The highest BCUT2D eigenvalue weighted by Gasteiger charge is 2.46. The molecule has 0 unspecified atom stereocenters. The first kappa shape index (κ1) is 25.4. The number of amides is 1. The van der Waals surface area contributed by atoms with E-state index in [2.05, 4.69) is 0 Å². The van der Waals surface area contributed by atoms with Gasteiger partial charge in [0.15, 0.2) is 11.5 Å². The molecule has 0 radical (unpaired) electrons. The smallest absolute Gasteiger partial charge is 0.295 e. The summed E-state index contributed by atoms with van der Waals surface area (Å²) >= 11 is 5.98. The summed E-state index contributed by atoms with van der Waals surface area (Å²) in [6.45, 7) is 1.05. The van der Waals surface area contributed by atoms with Crippen LogP contribution in [0.5, 0.6) is 17.2 Å². The van der Waals surface area contributed by atoms with Gasteiger partial charge in [-0.3, -0.25) is 9.59 Å². The fourth-order valence-electron chi connectivity index (χ4n) is 4.04. The van der Waals surface area contributed by atoms with Crippen LogP contribution in [-0.4, -0.2) is 75.1 Å². The van der Waals surface area contributed by atoms with Gasteiger partial charge in [-0.1, -0.05) is 11.6 Å². The number of aliphatic hydroxyl groups is 1. The second-order valence-corrected chi connectivity index (χ2v) is 8.55. The lowest BCUT2D eigenvalue weighted by molar-refractivity contribution is -0.139. The number of benzene rings is 2. The average Bonchev–Trinajstić information content (AvgIpc) is 3.07. The fraction of sp³-hybridized carbons (Fsp3) is 0.360. The second kappa shape index (κ2) is 10.8. The van der Waals surface area contributed by atoms with Crippen LogP contribution in [0.15, 0.2) is 42.0 Å². The maximum Gasteiger partial charge on any atom is 0.295 e. The van der Waals surface area contributed by atoms with E-state index in [-0.39, 0.29) is 11.3 Å². The molecule has 2 aromatic rings. The van der Waals surface area contributed by atoms with Crippen molar-refractivity contribution in [3.8, 4) is 17.2 Å². The number of methoxy groups -OCH3 is 3. The van der Waals surface area contributed by atoms with Crippen molar-refractivity contribution in [3.05, 3.63) is 58.1 Å². The molecule has 1 heterocycles. The average molecular weight is 489 g/mol. The molecule has 1 fully saturated rings. The fourth-order valence-corrected chi connectivity index (χ4v) is 4.16. The van der Waals surface area contributed by atoms with Gasteiger partial charge in [-0.15, -0.1) is 0 Å². The van der Waals surface area contributed by atoms with Crippen molar-refractivity contribution < 1.29 is 28.9 Å². The molecule has 34 heavy (non-hydrogen) atoms. The van der Waals surface area contributed by atoms with Crippen LogP contribution in [0.1, 0.15) is 23.6 Å². The van der Waals surface area contributed by atoms with E-state index in [1.54, 1.807) is 36.4 Å². The van der Waals surface area contributed by atoms with Gasteiger partial charge in [-0.2, -0.15) is 0 Å². The van der Waals surface area contributed by atoms with Crippen LogP contribution in [0.25, 0.3) is 5.76 Å². The first-order chi connectivity index (χ1) is 16.2. The van der Waals surface area contributed by atoms with Gasteiger partial charge in [-0.05, 0) is 69.0 Å². The maximum absolute atomic E-state index is 13.2. The molecular formula is C25H29ClN2O6. The predicted octanol–water partition coefficient (Wildman–Crippen LogP) is 3.74. The largest absolute Gasteiger partial charge is 0.507 e. The Kier molecular flexibility index (Phi) is 8.06. The van der Waals surface area contributed by atoms with Crippen LogP contribution < -0.4 is 14.2 Å². The number of carbonyl (C=O) groups is 2. The molecule has 0 saturated carbocycles. The molecule has 1 aliphatic heterocycles. The van der Waals surface area contributed by atoms with E-state index < -0.39 is 17.7 Å². The molecule has 0 aromatic heterocycles. The first-order valence-corrected chi connectivity index (χ1v) is 11.1. The lowest BCUT2D eigenvalue weighted by atomic mass is 9.94. The zero-order valence-electron chi connectivity index (χ0n) is 19.9. The number of halogens is 1. The van der Waals surface area contributed by atoms with Gasteiger partial charge in [0.25, 0.3) is 11.7 Å². The zero-order chi connectivity index (χ0) is 25.0. The number of likely N-dealkylation sites (tertiary alicyclic amines) is 1. The molecule has 1 atom stereocenters. The van der Waals surface area contributed by atoms with Crippen LogP contribution in [0.4, 0.5) is 0 Å². The minimum absolute atomic E-state index is 0.00792. The number of ketones is 1. The Labute approximate surface area is 204 Å². The molecule has 0 bridgehead atoms. The minimum Gasteiger partial charge on any atom is -0.507 e. The number of nitrogens with zero attached hydrogens (tertiary/aromatic N) is 2. The van der Waals surface area contributed by atoms with Crippen molar-refractivity contribution in [1.82, 2.24) is 9.80 Å². The molecule has 2 aromatic carbocycles. The molecule has 182 valence electrons. The summed E-state index contributed by atoms with van der Waals surface area (Å²) < 4.78 is 16.4. The number of aliphatic hydroxyl groups excluding tert-OH is 1. The topological polar surface area (TPSA) is 88.5 Å². The van der Waals surface area contributed by atoms with Crippen LogP contribution in [-0.2, 0) is 9.59 Å². The normalized spacial score (nSPS) is 17.4. The van der Waals surface area contributed by atoms with Crippen molar-refractivity contribution in [3.63, 3.8) is 0 Å². The highest BCUT2D eigenvalue weighted by atomic mass is 35.5. The quantitative estimate of drug-likeness (QED) is 0.327. The number of hydrogen-bond donors (Lipinski definition) is 1. The highest BCUT2D eigenvalue weighted by Crippen LogP contribution is 2.45. The van der Waals surface area contributed by atoms with Crippen molar-refractivity contribution in [2.75, 3.05) is 48.5 Å². The van der Waals surface area contributed by atoms with E-state index in [4.69, 9.17) is 25.8 Å². The monoisotopic (exact) mass is 488 g/mol. The SMILES string of the molecule is COc1cc([C@H]2/C(=C(\O)c3ccc(Cl)cc3)C(=O)C(=O)N2CCCN(C)C)cc(OC)c1OC. The molecule has 0 aliphatic carbocycles. The molecule has 3 rings (SSSR count). The second-order valence-electron chi connectivity index (χ2n) is 8.11. The zero-order valence-corrected chi connectivity index (χ0v) is 20.7. The lowest BCUT2D eigenvalue weighted by Gasteiger charge is -2.27. The third-order valence-electron chi connectivity index (χ3n) is 5.66. The van der Waals surface area contributed by atoms with Crippen LogP contribution >= 0.6 is 11.6 Å². The minimum atomic E-state index is -0.841. The molecule has 1 amide bonds. The van der Waals surface area contributed by atoms with Crippen molar-refractivity contribution in [2.24, 2.45) is 0 Å². The summed E-state index contributed by atoms with van der Waals surface area (Å²) in [7, 11) is 8.34. The van der Waals surface area contributed by atoms with Crippen LogP contribution in [0, 0.1) is 0 Å². The summed E-state index contributed by atoms with van der Waals surface area (Å²) in [5, 5.41) is 11.6. The summed E-state index contributed by atoms with van der Waals surface area (Å²) in [6, 6.07) is 8.95. The number of ether oxygens (including phenoxy) is 3. The number of Topliss-reactive ketones (excluding diaryl/α,β-unsaturated/α-hetero) is 1. The van der Waals surface area contributed by atoms with Crippen LogP contribution in [0.3, 0.4) is 0 Å². The molecule has 1 aliphatic rings. The maximum atomic E-state index is 13.2.